The molecule has 2 unspecified atom stereocenters. The van der Waals surface area contributed by atoms with Gasteiger partial charge in [-0.2, -0.15) is 0 Å². The lowest BCUT2D eigenvalue weighted by Gasteiger charge is -2.39. The summed E-state index contributed by atoms with van der Waals surface area (Å²) in [5.41, 5.74) is 1.80. The van der Waals surface area contributed by atoms with Gasteiger partial charge in [-0.1, -0.05) is 19.1 Å². The summed E-state index contributed by atoms with van der Waals surface area (Å²) in [5, 5.41) is 20.6. The Morgan fingerprint density at radius 1 is 1.35 bits per heavy atom. The minimum atomic E-state index is -0.0586. The molecule has 0 saturated carbocycles. The Hall–Kier alpha value is -2.28. The molecule has 3 rings (SSSR count). The number of aliphatic hydroxyl groups excluding tert-OH is 1. The van der Waals surface area contributed by atoms with E-state index in [1.807, 2.05) is 29.2 Å². The van der Waals surface area contributed by atoms with Crippen molar-refractivity contribution in [3.63, 3.8) is 0 Å². The van der Waals surface area contributed by atoms with Crippen molar-refractivity contribution in [2.45, 2.75) is 32.2 Å². The van der Waals surface area contributed by atoms with Crippen LogP contribution in [0.25, 0.3) is 5.69 Å². The second kappa shape index (κ2) is 6.87. The van der Waals surface area contributed by atoms with Crippen LogP contribution < -0.4 is 0 Å². The van der Waals surface area contributed by atoms with E-state index in [1.54, 1.807) is 4.68 Å². The van der Waals surface area contributed by atoms with Crippen LogP contribution in [0.5, 0.6) is 0 Å². The molecule has 1 aromatic heterocycles. The van der Waals surface area contributed by atoms with Gasteiger partial charge in [0, 0.05) is 6.54 Å². The van der Waals surface area contributed by atoms with Crippen molar-refractivity contribution in [2.24, 2.45) is 5.92 Å². The number of aliphatic hydroxyl groups is 1. The summed E-state index contributed by atoms with van der Waals surface area (Å²) in [6.45, 7) is 2.86. The van der Waals surface area contributed by atoms with Crippen LogP contribution in [0.3, 0.4) is 0 Å². The Morgan fingerprint density at radius 2 is 2.13 bits per heavy atom. The van der Waals surface area contributed by atoms with Gasteiger partial charge in [0.25, 0.3) is 0 Å². The number of hydrogen-bond acceptors (Lipinski definition) is 5. The number of piperidine rings is 1. The molecule has 1 aliphatic heterocycles. The second-order valence-electron chi connectivity index (χ2n) is 6.05. The first-order chi connectivity index (χ1) is 11.2. The first kappa shape index (κ1) is 15.6. The van der Waals surface area contributed by atoms with Gasteiger partial charge in [-0.25, -0.2) is 4.68 Å². The molecular weight excluding hydrogens is 294 g/mol. The average molecular weight is 315 g/mol. The zero-order valence-electron chi connectivity index (χ0n) is 13.2. The second-order valence-corrected chi connectivity index (χ2v) is 6.05. The van der Waals surface area contributed by atoms with Gasteiger partial charge in [0.2, 0.25) is 5.91 Å². The topological polar surface area (TPSA) is 84.1 Å². The lowest BCUT2D eigenvalue weighted by molar-refractivity contribution is -0.136. The maximum Gasteiger partial charge on any atom is 0.227 e. The molecule has 2 atom stereocenters. The van der Waals surface area contributed by atoms with E-state index < -0.39 is 0 Å². The molecular formula is C16H21N5O2. The van der Waals surface area contributed by atoms with Crippen LogP contribution in [0.15, 0.2) is 30.6 Å². The molecule has 23 heavy (non-hydrogen) atoms. The van der Waals surface area contributed by atoms with Gasteiger partial charge >= 0.3 is 0 Å². The van der Waals surface area contributed by atoms with Crippen LogP contribution in [-0.2, 0) is 11.2 Å². The summed E-state index contributed by atoms with van der Waals surface area (Å²) >= 11 is 0. The third-order valence-electron chi connectivity index (χ3n) is 4.53. The van der Waals surface area contributed by atoms with Gasteiger partial charge in [-0.3, -0.25) is 4.79 Å². The van der Waals surface area contributed by atoms with Gasteiger partial charge in [0.15, 0.2) is 0 Å². The number of carbonyl (C=O) groups is 1. The third-order valence-corrected chi connectivity index (χ3v) is 4.53. The smallest absolute Gasteiger partial charge is 0.227 e. The van der Waals surface area contributed by atoms with E-state index in [0.717, 1.165) is 30.6 Å². The zero-order valence-corrected chi connectivity index (χ0v) is 13.2. The fourth-order valence-electron chi connectivity index (χ4n) is 3.16. The Morgan fingerprint density at radius 3 is 2.78 bits per heavy atom. The van der Waals surface area contributed by atoms with E-state index in [-0.39, 0.29) is 18.6 Å². The number of benzene rings is 1. The molecule has 1 aromatic carbocycles. The quantitative estimate of drug-likeness (QED) is 0.903. The van der Waals surface area contributed by atoms with Crippen molar-refractivity contribution in [3.05, 3.63) is 36.2 Å². The van der Waals surface area contributed by atoms with Crippen molar-refractivity contribution in [1.82, 2.24) is 25.1 Å². The maximum absolute atomic E-state index is 12.6. The normalized spacial score (nSPS) is 21.4. The summed E-state index contributed by atoms with van der Waals surface area (Å²) in [6.07, 6.45) is 3.94. The molecule has 0 bridgehead atoms. The monoisotopic (exact) mass is 315 g/mol. The lowest BCUT2D eigenvalue weighted by Crippen LogP contribution is -2.50. The summed E-state index contributed by atoms with van der Waals surface area (Å²) in [5.74, 6) is 0.422. The molecule has 0 radical (unpaired) electrons. The van der Waals surface area contributed by atoms with Crippen molar-refractivity contribution in [1.29, 1.82) is 0 Å². The minimum Gasteiger partial charge on any atom is -0.394 e. The average Bonchev–Trinajstić information content (AvgIpc) is 3.09. The van der Waals surface area contributed by atoms with E-state index in [0.29, 0.717) is 12.3 Å². The van der Waals surface area contributed by atoms with Crippen LogP contribution in [0.1, 0.15) is 25.3 Å². The fraction of sp³-hybridized carbons (Fsp3) is 0.500. The Labute approximate surface area is 134 Å². The fourth-order valence-corrected chi connectivity index (χ4v) is 3.16. The largest absolute Gasteiger partial charge is 0.394 e. The summed E-state index contributed by atoms with van der Waals surface area (Å²) in [7, 11) is 0. The molecule has 1 N–H and O–H groups in total. The molecule has 0 spiro atoms. The van der Waals surface area contributed by atoms with E-state index in [2.05, 4.69) is 22.4 Å². The number of tetrazole rings is 1. The first-order valence-electron chi connectivity index (χ1n) is 7.91. The van der Waals surface area contributed by atoms with Crippen molar-refractivity contribution >= 4 is 5.91 Å². The van der Waals surface area contributed by atoms with Gasteiger partial charge in [-0.05, 0) is 46.9 Å². The Bertz CT molecular complexity index is 641. The van der Waals surface area contributed by atoms with Crippen LogP contribution in [0, 0.1) is 5.92 Å². The summed E-state index contributed by atoms with van der Waals surface area (Å²) < 4.78 is 1.57. The highest BCUT2D eigenvalue weighted by atomic mass is 16.3. The van der Waals surface area contributed by atoms with E-state index in [4.69, 9.17) is 0 Å². The molecule has 7 nitrogen and oxygen atoms in total. The maximum atomic E-state index is 12.6. The van der Waals surface area contributed by atoms with Gasteiger partial charge in [0.1, 0.15) is 6.33 Å². The number of nitrogens with zero attached hydrogens (tertiary/aromatic N) is 5. The van der Waals surface area contributed by atoms with Gasteiger partial charge in [-0.15, -0.1) is 5.10 Å². The van der Waals surface area contributed by atoms with Gasteiger partial charge < -0.3 is 10.0 Å². The Balaban J connectivity index is 1.67. The number of carbonyl (C=O) groups excluding carboxylic acids is 1. The summed E-state index contributed by atoms with van der Waals surface area (Å²) in [4.78, 5) is 14.4. The van der Waals surface area contributed by atoms with E-state index >= 15 is 0 Å². The molecule has 2 heterocycles. The van der Waals surface area contributed by atoms with Crippen molar-refractivity contribution < 1.29 is 9.90 Å². The van der Waals surface area contributed by atoms with Crippen molar-refractivity contribution in [2.75, 3.05) is 13.2 Å². The molecule has 1 saturated heterocycles. The SMILES string of the molecule is CC1CCCN(C(=O)Cc2ccc(-n3cnnn3)cc2)C1CO. The standard InChI is InChI=1S/C16H21N5O2/c1-12-3-2-8-20(15(12)10-22)16(23)9-13-4-6-14(7-5-13)21-11-17-18-19-21/h4-7,11-12,15,22H,2-3,8-10H2,1H3. The summed E-state index contributed by atoms with van der Waals surface area (Å²) in [6, 6.07) is 7.55. The molecule has 2 aromatic rings. The number of aromatic nitrogens is 4. The number of amides is 1. The van der Waals surface area contributed by atoms with Crippen molar-refractivity contribution in [3.8, 4) is 5.69 Å². The first-order valence-corrected chi connectivity index (χ1v) is 7.91. The van der Waals surface area contributed by atoms with Crippen LogP contribution >= 0.6 is 0 Å². The number of rotatable bonds is 4. The highest BCUT2D eigenvalue weighted by Crippen LogP contribution is 2.23. The highest BCUT2D eigenvalue weighted by molar-refractivity contribution is 5.79. The minimum absolute atomic E-state index is 0.0329. The molecule has 122 valence electrons. The van der Waals surface area contributed by atoms with E-state index in [1.165, 1.54) is 6.33 Å². The molecule has 1 fully saturated rings. The van der Waals surface area contributed by atoms with Crippen LogP contribution in [0.2, 0.25) is 0 Å². The predicted molar refractivity (Wildman–Crippen MR) is 83.8 cm³/mol. The zero-order chi connectivity index (χ0) is 16.2. The number of likely N-dealkylation sites (tertiary alicyclic amines) is 1. The molecule has 1 aliphatic rings. The van der Waals surface area contributed by atoms with Gasteiger partial charge in [0.05, 0.1) is 24.8 Å². The predicted octanol–water partition coefficient (Wildman–Crippen LogP) is 0.824. The van der Waals surface area contributed by atoms with E-state index in [9.17, 15) is 9.90 Å². The van der Waals surface area contributed by atoms with Crippen LogP contribution in [-0.4, -0.2) is 55.3 Å². The highest BCUT2D eigenvalue weighted by Gasteiger charge is 2.30. The van der Waals surface area contributed by atoms with Crippen LogP contribution in [0.4, 0.5) is 0 Å². The Kier molecular flexibility index (Phi) is 4.66. The third kappa shape index (κ3) is 3.39. The number of hydrogen-bond donors (Lipinski definition) is 1. The lowest BCUT2D eigenvalue weighted by atomic mass is 9.91. The molecule has 1 amide bonds. The molecule has 7 heteroatoms. The molecule has 0 aliphatic carbocycles.